The number of anilines is 1. The van der Waals surface area contributed by atoms with Crippen LogP contribution in [0.1, 0.15) is 15.9 Å². The van der Waals surface area contributed by atoms with Crippen molar-refractivity contribution >= 4 is 23.4 Å². The van der Waals surface area contributed by atoms with E-state index in [1.807, 2.05) is 0 Å². The van der Waals surface area contributed by atoms with Crippen molar-refractivity contribution < 1.29 is 23.1 Å². The number of hydrogen-bond acceptors (Lipinski definition) is 6. The fraction of sp³-hybridized carbons (Fsp3) is 0.190. The highest BCUT2D eigenvalue weighted by Crippen LogP contribution is 2.16. The van der Waals surface area contributed by atoms with Crippen molar-refractivity contribution in [3.05, 3.63) is 77.1 Å². The van der Waals surface area contributed by atoms with Gasteiger partial charge in [-0.05, 0) is 43.4 Å². The van der Waals surface area contributed by atoms with Crippen molar-refractivity contribution in [2.75, 3.05) is 32.6 Å². The van der Waals surface area contributed by atoms with Gasteiger partial charge in [0.15, 0.2) is 0 Å². The largest absolute Gasteiger partial charge is 0.480 e. The molecule has 8 nitrogen and oxygen atoms in total. The van der Waals surface area contributed by atoms with Crippen LogP contribution in [0.2, 0.25) is 0 Å². The molecule has 0 aliphatic heterocycles. The number of hydrogen-bond donors (Lipinski definition) is 4. The van der Waals surface area contributed by atoms with Gasteiger partial charge in [-0.1, -0.05) is 6.07 Å². The number of aliphatic imine (C=N–C) groups is 1. The fourth-order valence-corrected chi connectivity index (χ4v) is 2.45. The lowest BCUT2D eigenvalue weighted by atomic mass is 10.2. The van der Waals surface area contributed by atoms with E-state index in [2.05, 4.69) is 20.9 Å². The van der Waals surface area contributed by atoms with Crippen LogP contribution in [0.5, 0.6) is 0 Å². The van der Waals surface area contributed by atoms with Gasteiger partial charge in [-0.25, -0.2) is 13.8 Å². The van der Waals surface area contributed by atoms with Crippen LogP contribution >= 0.6 is 0 Å². The zero-order valence-corrected chi connectivity index (χ0v) is 17.0. The second-order valence-electron chi connectivity index (χ2n) is 6.19. The van der Waals surface area contributed by atoms with Gasteiger partial charge in [0.25, 0.3) is 11.8 Å². The van der Waals surface area contributed by atoms with Crippen LogP contribution in [0.4, 0.5) is 14.5 Å². The molecule has 5 N–H and O–H groups in total. The topological polar surface area (TPSA) is 118 Å². The smallest absolute Gasteiger partial charge is 0.268 e. The Balaban J connectivity index is 2.20. The molecule has 0 unspecified atom stereocenters. The summed E-state index contributed by atoms with van der Waals surface area (Å²) >= 11 is 0. The lowest BCUT2D eigenvalue weighted by Crippen LogP contribution is -2.30. The maximum Gasteiger partial charge on any atom is 0.268 e. The van der Waals surface area contributed by atoms with Gasteiger partial charge in [-0.3, -0.25) is 9.59 Å². The third kappa shape index (κ3) is 6.61. The van der Waals surface area contributed by atoms with E-state index in [4.69, 9.17) is 10.5 Å². The molecule has 0 heterocycles. The summed E-state index contributed by atoms with van der Waals surface area (Å²) in [4.78, 5) is 27.6. The summed E-state index contributed by atoms with van der Waals surface area (Å²) in [5, 5.41) is 8.47. The first-order valence-electron chi connectivity index (χ1n) is 9.23. The summed E-state index contributed by atoms with van der Waals surface area (Å²) in [7, 11) is 2.95. The second kappa shape index (κ2) is 11.4. The van der Waals surface area contributed by atoms with Crippen LogP contribution in [0.25, 0.3) is 0 Å². The molecule has 0 saturated heterocycles. The first-order valence-corrected chi connectivity index (χ1v) is 9.23. The highest BCUT2D eigenvalue weighted by atomic mass is 19.1. The number of benzene rings is 2. The number of nitrogens with zero attached hydrogens (tertiary/aromatic N) is 1. The molecular weight excluding hydrogens is 408 g/mol. The Hall–Kier alpha value is -3.79. The van der Waals surface area contributed by atoms with E-state index >= 15 is 0 Å². The van der Waals surface area contributed by atoms with Crippen molar-refractivity contribution in [2.24, 2.45) is 10.7 Å². The minimum atomic E-state index is -0.945. The van der Waals surface area contributed by atoms with Gasteiger partial charge >= 0.3 is 0 Å². The molecule has 0 spiro atoms. The standard InChI is InChI=1S/C21H23F2N5O3/c1-25-10-11-26-20(30)13-6-8-14(9-7-13)27-12-17(19(24)29)28-21(31-2)18-15(22)4-3-5-16(18)23/h3-9,12,25,27H,10-11H2,1-2H3,(H2,24,29)(H,26,30)/b17-12+,28-21-. The summed E-state index contributed by atoms with van der Waals surface area (Å²) in [6.45, 7) is 1.13. The Kier molecular flexibility index (Phi) is 8.64. The molecule has 0 saturated carbocycles. The molecule has 2 aromatic carbocycles. The number of nitrogens with one attached hydrogen (secondary N) is 3. The number of primary amides is 1. The predicted molar refractivity (Wildman–Crippen MR) is 114 cm³/mol. The van der Waals surface area contributed by atoms with Crippen molar-refractivity contribution in [3.63, 3.8) is 0 Å². The monoisotopic (exact) mass is 431 g/mol. The fourth-order valence-electron chi connectivity index (χ4n) is 2.45. The van der Waals surface area contributed by atoms with E-state index in [1.54, 1.807) is 31.3 Å². The number of rotatable bonds is 9. The van der Waals surface area contributed by atoms with Crippen LogP contribution in [0, 0.1) is 11.6 Å². The molecule has 0 atom stereocenters. The maximum atomic E-state index is 14.0. The summed E-state index contributed by atoms with van der Waals surface area (Å²) in [5.74, 6) is -3.42. The molecule has 0 fully saturated rings. The molecule has 0 aliphatic rings. The van der Waals surface area contributed by atoms with Crippen LogP contribution in [-0.2, 0) is 9.53 Å². The van der Waals surface area contributed by atoms with Gasteiger partial charge in [0.05, 0.1) is 7.11 Å². The zero-order chi connectivity index (χ0) is 22.8. The molecule has 0 aliphatic carbocycles. The average Bonchev–Trinajstić information content (AvgIpc) is 2.75. The molecular formula is C21H23F2N5O3. The Morgan fingerprint density at radius 3 is 2.29 bits per heavy atom. The summed E-state index contributed by atoms with van der Waals surface area (Å²) < 4.78 is 33.0. The van der Waals surface area contributed by atoms with Gasteiger partial charge in [0.2, 0.25) is 5.90 Å². The highest BCUT2D eigenvalue weighted by Gasteiger charge is 2.17. The SMILES string of the molecule is CNCCNC(=O)c1ccc(N/C=C(/N=C(\OC)c2c(F)cccc2F)C(N)=O)cc1. The van der Waals surface area contributed by atoms with E-state index in [-0.39, 0.29) is 11.6 Å². The number of carbonyl (C=O) groups excluding carboxylic acids is 2. The number of methoxy groups -OCH3 is 1. The van der Waals surface area contributed by atoms with Crippen molar-refractivity contribution in [1.82, 2.24) is 10.6 Å². The molecule has 0 bridgehead atoms. The number of ether oxygens (including phenoxy) is 1. The first kappa shape index (κ1) is 23.5. The van der Waals surface area contributed by atoms with Gasteiger partial charge in [0, 0.05) is 30.5 Å². The Morgan fingerprint density at radius 2 is 1.74 bits per heavy atom. The van der Waals surface area contributed by atoms with Crippen LogP contribution in [0.15, 0.2) is 59.4 Å². The minimum absolute atomic E-state index is 0.226. The normalized spacial score (nSPS) is 11.7. The van der Waals surface area contributed by atoms with E-state index in [1.165, 1.54) is 12.3 Å². The number of carbonyl (C=O) groups is 2. The summed E-state index contributed by atoms with van der Waals surface area (Å²) in [6.07, 6.45) is 1.17. The van der Waals surface area contributed by atoms with Gasteiger partial charge in [-0.2, -0.15) is 0 Å². The summed E-state index contributed by atoms with van der Waals surface area (Å²) in [5.41, 5.74) is 5.46. The second-order valence-corrected chi connectivity index (χ2v) is 6.19. The molecule has 10 heteroatoms. The third-order valence-electron chi connectivity index (χ3n) is 4.03. The molecule has 2 aromatic rings. The Labute approximate surface area is 178 Å². The quantitative estimate of drug-likeness (QED) is 0.209. The van der Waals surface area contributed by atoms with Crippen molar-refractivity contribution in [3.8, 4) is 0 Å². The van der Waals surface area contributed by atoms with Gasteiger partial charge in [-0.15, -0.1) is 0 Å². The van der Waals surface area contributed by atoms with E-state index in [0.717, 1.165) is 19.2 Å². The number of nitrogens with two attached hydrogens (primary N) is 1. The lowest BCUT2D eigenvalue weighted by molar-refractivity contribution is -0.114. The van der Waals surface area contributed by atoms with Gasteiger partial charge in [0.1, 0.15) is 22.9 Å². The lowest BCUT2D eigenvalue weighted by Gasteiger charge is -2.09. The molecule has 2 amide bonds. The minimum Gasteiger partial charge on any atom is -0.480 e. The molecule has 0 aromatic heterocycles. The van der Waals surface area contributed by atoms with Crippen molar-refractivity contribution in [2.45, 2.75) is 0 Å². The molecule has 31 heavy (non-hydrogen) atoms. The molecule has 2 rings (SSSR count). The maximum absolute atomic E-state index is 14.0. The molecule has 164 valence electrons. The number of amides is 2. The van der Waals surface area contributed by atoms with E-state index in [9.17, 15) is 18.4 Å². The zero-order valence-electron chi connectivity index (χ0n) is 17.0. The highest BCUT2D eigenvalue weighted by molar-refractivity contribution is 6.00. The van der Waals surface area contributed by atoms with Crippen molar-refractivity contribution in [1.29, 1.82) is 0 Å². The predicted octanol–water partition coefficient (Wildman–Crippen LogP) is 1.75. The Bertz CT molecular complexity index is 971. The Morgan fingerprint density at radius 1 is 1.10 bits per heavy atom. The average molecular weight is 431 g/mol. The van der Waals surface area contributed by atoms with Gasteiger partial charge < -0.3 is 26.4 Å². The first-order chi connectivity index (χ1) is 14.9. The van der Waals surface area contributed by atoms with E-state index < -0.39 is 29.0 Å². The van der Waals surface area contributed by atoms with Crippen LogP contribution in [0.3, 0.4) is 0 Å². The van der Waals surface area contributed by atoms with E-state index in [0.29, 0.717) is 24.3 Å². The number of likely N-dealkylation sites (N-methyl/N-ethyl adjacent to an activating group) is 1. The van der Waals surface area contributed by atoms with Crippen LogP contribution < -0.4 is 21.7 Å². The third-order valence-corrected chi connectivity index (χ3v) is 4.03. The van der Waals surface area contributed by atoms with Crippen LogP contribution in [-0.4, -0.2) is 45.0 Å². The molecule has 0 radical (unpaired) electrons. The summed E-state index contributed by atoms with van der Waals surface area (Å²) in [6, 6.07) is 9.67. The number of halogens is 2.